The third-order valence-electron chi connectivity index (χ3n) is 4.41. The van der Waals surface area contributed by atoms with Gasteiger partial charge in [0.1, 0.15) is 5.82 Å². The van der Waals surface area contributed by atoms with Crippen molar-refractivity contribution >= 4 is 35.4 Å². The van der Waals surface area contributed by atoms with Gasteiger partial charge in [0.2, 0.25) is 0 Å². The third kappa shape index (κ3) is 6.44. The molecule has 0 unspecified atom stereocenters. The lowest BCUT2D eigenvalue weighted by molar-refractivity contribution is -0.384. The third-order valence-corrected chi connectivity index (χ3v) is 4.41. The summed E-state index contributed by atoms with van der Waals surface area (Å²) < 4.78 is 24.1. The van der Waals surface area contributed by atoms with Crippen LogP contribution >= 0.6 is 0 Å². The largest absolute Gasteiger partial charge is 0.493 e. The Bertz CT molecular complexity index is 1310. The number of nitrogens with one attached hydrogen (secondary N) is 2. The van der Waals surface area contributed by atoms with E-state index in [-0.39, 0.29) is 28.4 Å². The predicted octanol–water partition coefficient (Wildman–Crippen LogP) is 3.05. The first-order chi connectivity index (χ1) is 16.8. The Morgan fingerprint density at radius 3 is 2.37 bits per heavy atom. The molecule has 3 rings (SSSR count). The van der Waals surface area contributed by atoms with E-state index in [1.54, 1.807) is 0 Å². The number of nitro benzene ring substituents is 1. The molecule has 2 amide bonds. The molecule has 0 aliphatic rings. The second kappa shape index (κ2) is 11.1. The van der Waals surface area contributed by atoms with Crippen LogP contribution in [0.1, 0.15) is 15.9 Å². The molecule has 0 radical (unpaired) electrons. The van der Waals surface area contributed by atoms with Gasteiger partial charge in [-0.1, -0.05) is 12.1 Å². The summed E-state index contributed by atoms with van der Waals surface area (Å²) >= 11 is 0. The highest BCUT2D eigenvalue weighted by Gasteiger charge is 2.16. The van der Waals surface area contributed by atoms with Crippen LogP contribution < -0.4 is 20.2 Å². The van der Waals surface area contributed by atoms with Gasteiger partial charge < -0.3 is 14.8 Å². The number of non-ortho nitro benzene ring substituents is 1. The number of halogens is 1. The first kappa shape index (κ1) is 24.5. The van der Waals surface area contributed by atoms with E-state index in [2.05, 4.69) is 10.4 Å². The number of methoxy groups -OCH3 is 1. The molecule has 0 bridgehead atoms. The van der Waals surface area contributed by atoms with E-state index in [9.17, 15) is 28.9 Å². The average Bonchev–Trinajstić information content (AvgIpc) is 2.86. The van der Waals surface area contributed by atoms with Gasteiger partial charge >= 0.3 is 17.8 Å². The number of anilines is 1. The minimum Gasteiger partial charge on any atom is -0.493 e. The first-order valence-electron chi connectivity index (χ1n) is 9.82. The summed E-state index contributed by atoms with van der Waals surface area (Å²) in [7, 11) is 1.34. The van der Waals surface area contributed by atoms with Crippen molar-refractivity contribution in [3.63, 3.8) is 0 Å². The number of nitrogens with zero attached hydrogens (tertiary/aromatic N) is 2. The van der Waals surface area contributed by atoms with E-state index in [0.717, 1.165) is 6.07 Å². The molecule has 2 N–H and O–H groups in total. The van der Waals surface area contributed by atoms with E-state index in [4.69, 9.17) is 9.47 Å². The van der Waals surface area contributed by atoms with Crippen molar-refractivity contribution < 1.29 is 33.2 Å². The summed E-state index contributed by atoms with van der Waals surface area (Å²) in [5.74, 6) is -3.45. The zero-order valence-electron chi connectivity index (χ0n) is 18.1. The zero-order valence-corrected chi connectivity index (χ0v) is 18.1. The van der Waals surface area contributed by atoms with E-state index in [0.29, 0.717) is 5.56 Å². The predicted molar refractivity (Wildman–Crippen MR) is 122 cm³/mol. The van der Waals surface area contributed by atoms with Crippen molar-refractivity contribution in [2.24, 2.45) is 5.10 Å². The molecule has 12 heteroatoms. The number of ether oxygens (including phenoxy) is 2. The fourth-order valence-electron chi connectivity index (χ4n) is 2.68. The highest BCUT2D eigenvalue weighted by atomic mass is 19.1. The minimum atomic E-state index is -1.12. The van der Waals surface area contributed by atoms with Gasteiger partial charge in [0.05, 0.1) is 29.5 Å². The molecule has 0 fully saturated rings. The Morgan fingerprint density at radius 2 is 1.71 bits per heavy atom. The molecule has 35 heavy (non-hydrogen) atoms. The topological polar surface area (TPSA) is 149 Å². The second-order valence-electron chi connectivity index (χ2n) is 6.74. The fraction of sp³-hybridized carbons (Fsp3) is 0.0435. The highest BCUT2D eigenvalue weighted by molar-refractivity contribution is 6.39. The monoisotopic (exact) mass is 480 g/mol. The molecular weight excluding hydrogens is 463 g/mol. The normalized spacial score (nSPS) is 10.5. The molecule has 0 saturated carbocycles. The van der Waals surface area contributed by atoms with E-state index >= 15 is 0 Å². The highest BCUT2D eigenvalue weighted by Crippen LogP contribution is 2.28. The Kier molecular flexibility index (Phi) is 7.80. The molecule has 0 aliphatic heterocycles. The van der Waals surface area contributed by atoms with E-state index < -0.39 is 28.5 Å². The second-order valence-corrected chi connectivity index (χ2v) is 6.74. The number of amides is 2. The van der Waals surface area contributed by atoms with Crippen molar-refractivity contribution in [3.8, 4) is 11.5 Å². The lowest BCUT2D eigenvalue weighted by atomic mass is 10.2. The summed E-state index contributed by atoms with van der Waals surface area (Å²) in [5, 5.41) is 16.5. The number of esters is 1. The number of nitro groups is 1. The summed E-state index contributed by atoms with van der Waals surface area (Å²) in [6.45, 7) is 0. The van der Waals surface area contributed by atoms with E-state index in [1.165, 1.54) is 74.0 Å². The lowest BCUT2D eigenvalue weighted by Gasteiger charge is -2.10. The minimum absolute atomic E-state index is 0.0707. The Morgan fingerprint density at radius 1 is 1.00 bits per heavy atom. The molecule has 0 heterocycles. The van der Waals surface area contributed by atoms with Crippen molar-refractivity contribution in [2.75, 3.05) is 12.4 Å². The van der Waals surface area contributed by atoms with Gasteiger partial charge in [0, 0.05) is 12.1 Å². The molecule has 0 atom stereocenters. The quantitative estimate of drug-likeness (QED) is 0.132. The lowest BCUT2D eigenvalue weighted by Crippen LogP contribution is -2.32. The van der Waals surface area contributed by atoms with Crippen molar-refractivity contribution in [2.45, 2.75) is 0 Å². The molecule has 0 saturated heterocycles. The number of benzene rings is 3. The van der Waals surface area contributed by atoms with Crippen LogP contribution in [0.15, 0.2) is 71.8 Å². The molecule has 0 aliphatic carbocycles. The molecule has 0 aromatic heterocycles. The van der Waals surface area contributed by atoms with E-state index in [1.807, 2.05) is 5.43 Å². The Hall–Kier alpha value is -5.13. The van der Waals surface area contributed by atoms with Gasteiger partial charge in [-0.15, -0.1) is 0 Å². The van der Waals surface area contributed by atoms with Crippen LogP contribution in [0.2, 0.25) is 0 Å². The maximum atomic E-state index is 13.6. The average molecular weight is 480 g/mol. The molecule has 3 aromatic carbocycles. The maximum Gasteiger partial charge on any atom is 0.343 e. The molecule has 3 aromatic rings. The number of hydrogen-bond donors (Lipinski definition) is 2. The van der Waals surface area contributed by atoms with Gasteiger partial charge in [-0.05, 0) is 48.0 Å². The van der Waals surface area contributed by atoms with Crippen molar-refractivity contribution in [3.05, 3.63) is 93.8 Å². The van der Waals surface area contributed by atoms with Gasteiger partial charge in [0.15, 0.2) is 11.5 Å². The van der Waals surface area contributed by atoms with Crippen LogP contribution in [0.3, 0.4) is 0 Å². The van der Waals surface area contributed by atoms with Crippen LogP contribution in [0.25, 0.3) is 0 Å². The van der Waals surface area contributed by atoms with Crippen LogP contribution in [-0.2, 0) is 9.59 Å². The number of carbonyl (C=O) groups excluding carboxylic acids is 3. The van der Waals surface area contributed by atoms with Crippen LogP contribution in [-0.4, -0.2) is 36.0 Å². The molecule has 11 nitrogen and oxygen atoms in total. The summed E-state index contributed by atoms with van der Waals surface area (Å²) in [4.78, 5) is 46.2. The van der Waals surface area contributed by atoms with Crippen molar-refractivity contribution in [1.29, 1.82) is 0 Å². The maximum absolute atomic E-state index is 13.6. The van der Waals surface area contributed by atoms with Gasteiger partial charge in [-0.2, -0.15) is 5.10 Å². The number of carbonyl (C=O) groups is 3. The zero-order chi connectivity index (χ0) is 25.4. The van der Waals surface area contributed by atoms with Gasteiger partial charge in [0.25, 0.3) is 5.69 Å². The molecule has 178 valence electrons. The number of para-hydroxylation sites is 1. The van der Waals surface area contributed by atoms with Crippen LogP contribution in [0, 0.1) is 15.9 Å². The Labute approximate surface area is 197 Å². The molecule has 0 spiro atoms. The number of hydrogen-bond acceptors (Lipinski definition) is 8. The molecular formula is C23H17FN4O7. The van der Waals surface area contributed by atoms with Crippen molar-refractivity contribution in [1.82, 2.24) is 5.43 Å². The van der Waals surface area contributed by atoms with Gasteiger partial charge in [-0.25, -0.2) is 14.6 Å². The summed E-state index contributed by atoms with van der Waals surface area (Å²) in [5.41, 5.74) is 2.21. The van der Waals surface area contributed by atoms with Crippen LogP contribution in [0.5, 0.6) is 11.5 Å². The fourth-order valence-corrected chi connectivity index (χ4v) is 2.68. The smallest absolute Gasteiger partial charge is 0.343 e. The Balaban J connectivity index is 1.61. The van der Waals surface area contributed by atoms with Gasteiger partial charge in [-0.3, -0.25) is 19.7 Å². The summed E-state index contributed by atoms with van der Waals surface area (Å²) in [6, 6.07) is 14.6. The first-order valence-corrected chi connectivity index (χ1v) is 9.82. The van der Waals surface area contributed by atoms with Crippen LogP contribution in [0.4, 0.5) is 15.8 Å². The SMILES string of the molecule is COc1cc(C=NNC(=O)C(=O)Nc2ccccc2F)ccc1OC(=O)c1ccc([N+](=O)[O-])cc1. The number of hydrazone groups is 1. The number of rotatable bonds is 7. The standard InChI is InChI=1S/C23H17FN4O7/c1-34-20-12-14(13-25-27-22(30)21(29)26-18-5-3-2-4-17(18)24)6-11-19(20)35-23(31)15-7-9-16(10-8-15)28(32)33/h2-13H,1H3,(H,26,29)(H,27,30). The summed E-state index contributed by atoms with van der Waals surface area (Å²) in [6.07, 6.45) is 1.21.